The smallest absolute Gasteiger partial charge is 0.256 e. The lowest BCUT2D eigenvalue weighted by Gasteiger charge is -2.27. The largest absolute Gasteiger partial charge is 0.378 e. The Labute approximate surface area is 160 Å². The summed E-state index contributed by atoms with van der Waals surface area (Å²) in [5, 5.41) is 2.45. The predicted molar refractivity (Wildman–Crippen MR) is 103 cm³/mol. The highest BCUT2D eigenvalue weighted by molar-refractivity contribution is 7.99. The molecule has 0 radical (unpaired) electrons. The molecule has 4 rings (SSSR count). The molecule has 1 fully saturated rings. The van der Waals surface area contributed by atoms with E-state index in [1.807, 2.05) is 42.3 Å². The van der Waals surface area contributed by atoms with Crippen LogP contribution in [0.15, 0.2) is 46.6 Å². The van der Waals surface area contributed by atoms with Crippen LogP contribution in [-0.2, 0) is 4.74 Å². The minimum Gasteiger partial charge on any atom is -0.378 e. The van der Waals surface area contributed by atoms with Crippen molar-refractivity contribution in [2.45, 2.75) is 16.8 Å². The average Bonchev–Trinajstić information content (AvgIpc) is 3.05. The Bertz CT molecular complexity index is 967. The van der Waals surface area contributed by atoms with Gasteiger partial charge in [-0.2, -0.15) is 0 Å². The molecule has 0 bridgehead atoms. The first-order valence-electron chi connectivity index (χ1n) is 8.40. The van der Waals surface area contributed by atoms with E-state index in [9.17, 15) is 4.79 Å². The number of aromatic nitrogens is 2. The highest BCUT2D eigenvalue weighted by Gasteiger charge is 2.23. The van der Waals surface area contributed by atoms with Crippen LogP contribution in [0.5, 0.6) is 0 Å². The number of fused-ring (bicyclic) bond motifs is 1. The minimum atomic E-state index is 0.00723. The molecule has 3 heterocycles. The van der Waals surface area contributed by atoms with Gasteiger partial charge in [0, 0.05) is 40.8 Å². The van der Waals surface area contributed by atoms with Gasteiger partial charge in [-0.1, -0.05) is 29.4 Å². The molecular formula is C19H18ClN3O2S. The summed E-state index contributed by atoms with van der Waals surface area (Å²) in [4.78, 5) is 23.7. The number of aromatic amines is 1. The first-order chi connectivity index (χ1) is 12.6. The van der Waals surface area contributed by atoms with Crippen LogP contribution in [0.3, 0.4) is 0 Å². The quantitative estimate of drug-likeness (QED) is 0.733. The maximum Gasteiger partial charge on any atom is 0.256 e. The fraction of sp³-hybridized carbons (Fsp3) is 0.263. The number of carbonyl (C=O) groups excluding carboxylic acids is 1. The molecule has 1 aromatic carbocycles. The number of ether oxygens (including phenoxy) is 1. The van der Waals surface area contributed by atoms with Crippen molar-refractivity contribution in [2.75, 3.05) is 26.3 Å². The van der Waals surface area contributed by atoms with Crippen LogP contribution < -0.4 is 0 Å². The van der Waals surface area contributed by atoms with Crippen molar-refractivity contribution in [1.29, 1.82) is 0 Å². The second kappa shape index (κ2) is 7.31. The van der Waals surface area contributed by atoms with E-state index in [0.717, 1.165) is 26.4 Å². The van der Waals surface area contributed by atoms with Crippen molar-refractivity contribution in [1.82, 2.24) is 14.9 Å². The molecular weight excluding hydrogens is 370 g/mol. The molecule has 0 spiro atoms. The lowest BCUT2D eigenvalue weighted by molar-refractivity contribution is 0.0304. The number of amides is 1. The van der Waals surface area contributed by atoms with Crippen molar-refractivity contribution in [3.8, 4) is 0 Å². The Hall–Kier alpha value is -2.02. The monoisotopic (exact) mass is 387 g/mol. The molecule has 26 heavy (non-hydrogen) atoms. The van der Waals surface area contributed by atoms with Crippen LogP contribution in [0.1, 0.15) is 15.9 Å². The van der Waals surface area contributed by atoms with E-state index in [1.165, 1.54) is 11.8 Å². The van der Waals surface area contributed by atoms with Gasteiger partial charge in [0.1, 0.15) is 5.03 Å². The molecule has 1 N–H and O–H groups in total. The molecule has 0 unspecified atom stereocenters. The Balaban J connectivity index is 1.73. The molecule has 1 aliphatic heterocycles. The molecule has 7 heteroatoms. The summed E-state index contributed by atoms with van der Waals surface area (Å²) in [6.07, 6.45) is 3.61. The van der Waals surface area contributed by atoms with Crippen molar-refractivity contribution in [3.63, 3.8) is 0 Å². The number of rotatable bonds is 3. The first kappa shape index (κ1) is 17.4. The van der Waals surface area contributed by atoms with Crippen molar-refractivity contribution >= 4 is 40.2 Å². The van der Waals surface area contributed by atoms with E-state index in [1.54, 1.807) is 6.20 Å². The first-order valence-corrected chi connectivity index (χ1v) is 9.60. The molecule has 5 nitrogen and oxygen atoms in total. The van der Waals surface area contributed by atoms with Crippen molar-refractivity contribution < 1.29 is 9.53 Å². The summed E-state index contributed by atoms with van der Waals surface area (Å²) in [6, 6.07) is 7.66. The zero-order valence-electron chi connectivity index (χ0n) is 14.3. The Kier molecular flexibility index (Phi) is 4.89. The third-order valence-corrected chi connectivity index (χ3v) is 5.64. The normalized spacial score (nSPS) is 14.8. The predicted octanol–water partition coefficient (Wildman–Crippen LogP) is 4.15. The van der Waals surface area contributed by atoms with Crippen LogP contribution >= 0.6 is 23.4 Å². The molecule has 0 aliphatic carbocycles. The minimum absolute atomic E-state index is 0.00723. The van der Waals surface area contributed by atoms with Crippen LogP contribution in [0.4, 0.5) is 0 Å². The number of nitrogens with zero attached hydrogens (tertiary/aromatic N) is 2. The SMILES string of the molecule is Cc1c[nH]c2c(Sc3cccc(Cl)c3)ncc(C(=O)N3CCOCC3)c12. The molecule has 0 atom stereocenters. The van der Waals surface area contributed by atoms with Crippen LogP contribution in [0.2, 0.25) is 5.02 Å². The van der Waals surface area contributed by atoms with Gasteiger partial charge in [-0.3, -0.25) is 4.79 Å². The van der Waals surface area contributed by atoms with E-state index in [0.29, 0.717) is 36.9 Å². The van der Waals surface area contributed by atoms with Crippen LogP contribution in [-0.4, -0.2) is 47.1 Å². The van der Waals surface area contributed by atoms with Crippen LogP contribution in [0, 0.1) is 6.92 Å². The van der Waals surface area contributed by atoms with Crippen LogP contribution in [0.25, 0.3) is 10.9 Å². The number of carbonyl (C=O) groups is 1. The van der Waals surface area contributed by atoms with Gasteiger partial charge in [0.2, 0.25) is 0 Å². The summed E-state index contributed by atoms with van der Waals surface area (Å²) < 4.78 is 5.35. The zero-order chi connectivity index (χ0) is 18.1. The Morgan fingerprint density at radius 3 is 2.92 bits per heavy atom. The van der Waals surface area contributed by atoms with Gasteiger partial charge in [0.25, 0.3) is 5.91 Å². The lowest BCUT2D eigenvalue weighted by Crippen LogP contribution is -2.40. The summed E-state index contributed by atoms with van der Waals surface area (Å²) in [7, 11) is 0. The second-order valence-corrected chi connectivity index (χ2v) is 7.66. The summed E-state index contributed by atoms with van der Waals surface area (Å²) in [6.45, 7) is 4.39. The number of hydrogen-bond donors (Lipinski definition) is 1. The average molecular weight is 388 g/mol. The van der Waals surface area contributed by atoms with E-state index in [2.05, 4.69) is 9.97 Å². The van der Waals surface area contributed by atoms with Gasteiger partial charge in [-0.15, -0.1) is 0 Å². The number of halogens is 1. The molecule has 2 aromatic heterocycles. The van der Waals surface area contributed by atoms with Gasteiger partial charge in [0.15, 0.2) is 0 Å². The summed E-state index contributed by atoms with van der Waals surface area (Å²) >= 11 is 7.61. The number of hydrogen-bond acceptors (Lipinski definition) is 4. The zero-order valence-corrected chi connectivity index (χ0v) is 15.9. The number of nitrogens with one attached hydrogen (secondary N) is 1. The van der Waals surface area contributed by atoms with Crippen molar-refractivity contribution in [2.24, 2.45) is 0 Å². The fourth-order valence-electron chi connectivity index (χ4n) is 3.11. The maximum absolute atomic E-state index is 13.0. The topological polar surface area (TPSA) is 58.2 Å². The Morgan fingerprint density at radius 2 is 2.15 bits per heavy atom. The second-order valence-electron chi connectivity index (χ2n) is 6.16. The fourth-order valence-corrected chi connectivity index (χ4v) is 4.29. The standard InChI is InChI=1S/C19H18ClN3O2S/c1-12-10-21-17-16(12)15(19(24)23-5-7-25-8-6-23)11-22-18(17)26-14-4-2-3-13(20)9-14/h2-4,9-11,21H,5-8H2,1H3. The maximum atomic E-state index is 13.0. The number of pyridine rings is 1. The molecule has 3 aromatic rings. The molecule has 1 amide bonds. The third kappa shape index (κ3) is 3.32. The number of benzene rings is 1. The van der Waals surface area contributed by atoms with E-state index in [-0.39, 0.29) is 5.91 Å². The van der Waals surface area contributed by atoms with Gasteiger partial charge < -0.3 is 14.6 Å². The van der Waals surface area contributed by atoms with E-state index in [4.69, 9.17) is 16.3 Å². The van der Waals surface area contributed by atoms with Gasteiger partial charge in [-0.25, -0.2) is 4.98 Å². The van der Waals surface area contributed by atoms with Gasteiger partial charge in [0.05, 0.1) is 24.3 Å². The number of H-pyrrole nitrogens is 1. The van der Waals surface area contributed by atoms with Crippen molar-refractivity contribution in [3.05, 3.63) is 52.8 Å². The molecule has 1 aliphatic rings. The number of morpholine rings is 1. The molecule has 134 valence electrons. The van der Waals surface area contributed by atoms with E-state index >= 15 is 0 Å². The summed E-state index contributed by atoms with van der Waals surface area (Å²) in [5.41, 5.74) is 2.55. The lowest BCUT2D eigenvalue weighted by atomic mass is 10.1. The summed E-state index contributed by atoms with van der Waals surface area (Å²) in [5.74, 6) is 0.00723. The molecule has 0 saturated carbocycles. The van der Waals surface area contributed by atoms with Gasteiger partial charge in [-0.05, 0) is 30.7 Å². The highest BCUT2D eigenvalue weighted by Crippen LogP contribution is 2.35. The molecule has 1 saturated heterocycles. The number of aryl methyl sites for hydroxylation is 1. The van der Waals surface area contributed by atoms with Gasteiger partial charge >= 0.3 is 0 Å². The highest BCUT2D eigenvalue weighted by atomic mass is 35.5. The third-order valence-electron chi connectivity index (χ3n) is 4.41. The Morgan fingerprint density at radius 1 is 1.35 bits per heavy atom. The van der Waals surface area contributed by atoms with E-state index < -0.39 is 0 Å².